The van der Waals surface area contributed by atoms with Gasteiger partial charge in [-0.2, -0.15) is 0 Å². The summed E-state index contributed by atoms with van der Waals surface area (Å²) in [6.45, 7) is 4.80. The fraction of sp³-hybridized carbons (Fsp3) is 0.0857. The normalized spacial score (nSPS) is 14.2. The predicted molar refractivity (Wildman–Crippen MR) is 152 cm³/mol. The van der Waals surface area contributed by atoms with E-state index in [9.17, 15) is 0 Å². The lowest BCUT2D eigenvalue weighted by Gasteiger charge is -2.24. The van der Waals surface area contributed by atoms with Crippen molar-refractivity contribution in [3.8, 4) is 11.1 Å². The van der Waals surface area contributed by atoms with Gasteiger partial charge in [-0.25, -0.2) is 0 Å². The molecule has 0 saturated heterocycles. The Bertz CT molecular complexity index is 2020. The monoisotopic (exact) mass is 444 g/mol. The van der Waals surface area contributed by atoms with Crippen molar-refractivity contribution in [2.24, 2.45) is 0 Å². The minimum Gasteiger partial charge on any atom is -0.0616 e. The Hall–Kier alpha value is -4.16. The van der Waals surface area contributed by atoms with Crippen LogP contribution < -0.4 is 0 Å². The maximum atomic E-state index is 2.48. The lowest BCUT2D eigenvalue weighted by molar-refractivity contribution is 0.667. The Morgan fingerprint density at radius 3 is 1.71 bits per heavy atom. The van der Waals surface area contributed by atoms with Crippen LogP contribution >= 0.6 is 0 Å². The summed E-state index contributed by atoms with van der Waals surface area (Å²) >= 11 is 0. The van der Waals surface area contributed by atoms with E-state index in [0.717, 1.165) is 0 Å². The van der Waals surface area contributed by atoms with Crippen molar-refractivity contribution in [3.63, 3.8) is 0 Å². The molecule has 0 amide bonds. The summed E-state index contributed by atoms with van der Waals surface area (Å²) in [5, 5.41) is 13.3. The molecular formula is C35H24. The first-order valence-corrected chi connectivity index (χ1v) is 12.5. The molecule has 0 nitrogen and oxygen atoms in total. The third kappa shape index (κ3) is 2.42. The van der Waals surface area contributed by atoms with Crippen LogP contribution in [0.25, 0.3) is 65.0 Å². The van der Waals surface area contributed by atoms with Gasteiger partial charge in [0.2, 0.25) is 0 Å². The quantitative estimate of drug-likeness (QED) is 0.161. The molecule has 0 atom stereocenters. The molecule has 1 aliphatic rings. The van der Waals surface area contributed by atoms with Gasteiger partial charge in [0.1, 0.15) is 0 Å². The first kappa shape index (κ1) is 19.2. The first-order valence-electron chi connectivity index (χ1n) is 12.5. The number of fused-ring (bicyclic) bond motifs is 12. The Morgan fingerprint density at radius 2 is 0.971 bits per heavy atom. The predicted octanol–water partition coefficient (Wildman–Crippen LogP) is 9.76. The van der Waals surface area contributed by atoms with Crippen LogP contribution in [0.5, 0.6) is 0 Å². The van der Waals surface area contributed by atoms with Gasteiger partial charge < -0.3 is 0 Å². The van der Waals surface area contributed by atoms with Gasteiger partial charge in [-0.3, -0.25) is 0 Å². The van der Waals surface area contributed by atoms with Gasteiger partial charge >= 0.3 is 0 Å². The molecule has 164 valence electrons. The van der Waals surface area contributed by atoms with Crippen LogP contribution in [0, 0.1) is 0 Å². The first-order chi connectivity index (χ1) is 17.1. The minimum atomic E-state index is -0.0686. The molecule has 0 heteroatoms. The molecule has 0 heterocycles. The molecule has 0 aromatic heterocycles. The van der Waals surface area contributed by atoms with Gasteiger partial charge in [0.25, 0.3) is 0 Å². The topological polar surface area (TPSA) is 0 Å². The third-order valence-corrected chi connectivity index (χ3v) is 8.34. The largest absolute Gasteiger partial charge is 0.0616 e. The zero-order chi connectivity index (χ0) is 23.3. The fourth-order valence-corrected chi connectivity index (χ4v) is 6.73. The molecule has 0 radical (unpaired) electrons. The Kier molecular flexibility index (Phi) is 3.56. The Balaban J connectivity index is 1.57. The van der Waals surface area contributed by atoms with E-state index in [1.165, 1.54) is 76.1 Å². The molecule has 0 aliphatic heterocycles. The van der Waals surface area contributed by atoms with E-state index < -0.39 is 0 Å². The van der Waals surface area contributed by atoms with E-state index in [0.29, 0.717) is 0 Å². The van der Waals surface area contributed by atoms with Gasteiger partial charge in [0.15, 0.2) is 0 Å². The molecule has 1 aliphatic carbocycles. The van der Waals surface area contributed by atoms with E-state index >= 15 is 0 Å². The zero-order valence-electron chi connectivity index (χ0n) is 19.9. The van der Waals surface area contributed by atoms with Crippen molar-refractivity contribution in [1.82, 2.24) is 0 Å². The van der Waals surface area contributed by atoms with Gasteiger partial charge in [-0.15, -0.1) is 0 Å². The number of hydrogen-bond donors (Lipinski definition) is 0. The molecule has 0 spiro atoms. The molecule has 0 unspecified atom stereocenters. The van der Waals surface area contributed by atoms with Crippen LogP contribution in [-0.4, -0.2) is 0 Å². The lowest BCUT2D eigenvalue weighted by atomic mass is 9.79. The van der Waals surface area contributed by atoms with E-state index in [1.54, 1.807) is 0 Å². The second-order valence-corrected chi connectivity index (χ2v) is 10.6. The number of hydrogen-bond acceptors (Lipinski definition) is 0. The van der Waals surface area contributed by atoms with Gasteiger partial charge in [0.05, 0.1) is 0 Å². The van der Waals surface area contributed by atoms with E-state index in [-0.39, 0.29) is 5.41 Å². The molecule has 0 bridgehead atoms. The highest BCUT2D eigenvalue weighted by atomic mass is 14.4. The van der Waals surface area contributed by atoms with Crippen molar-refractivity contribution in [3.05, 3.63) is 120 Å². The van der Waals surface area contributed by atoms with Crippen molar-refractivity contribution in [2.75, 3.05) is 0 Å². The summed E-state index contributed by atoms with van der Waals surface area (Å²) in [5.41, 5.74) is 5.63. The smallest absolute Gasteiger partial charge is 0.0165 e. The van der Waals surface area contributed by atoms with E-state index in [1.807, 2.05) is 0 Å². The van der Waals surface area contributed by atoms with Crippen LogP contribution in [0.4, 0.5) is 0 Å². The third-order valence-electron chi connectivity index (χ3n) is 8.34. The van der Waals surface area contributed by atoms with E-state index in [4.69, 9.17) is 0 Å². The highest BCUT2D eigenvalue weighted by molar-refractivity contribution is 6.20. The average Bonchev–Trinajstić information content (AvgIpc) is 3.13. The second-order valence-electron chi connectivity index (χ2n) is 10.6. The molecule has 0 N–H and O–H groups in total. The number of rotatable bonds is 0. The highest BCUT2D eigenvalue weighted by Gasteiger charge is 2.38. The zero-order valence-corrected chi connectivity index (χ0v) is 19.9. The summed E-state index contributed by atoms with van der Waals surface area (Å²) in [6.07, 6.45) is 0. The molecule has 35 heavy (non-hydrogen) atoms. The minimum absolute atomic E-state index is 0.0686. The van der Waals surface area contributed by atoms with Crippen LogP contribution in [0.2, 0.25) is 0 Å². The van der Waals surface area contributed by atoms with Crippen molar-refractivity contribution < 1.29 is 0 Å². The Labute approximate surface area is 204 Å². The van der Waals surface area contributed by atoms with Crippen molar-refractivity contribution in [1.29, 1.82) is 0 Å². The molecular weight excluding hydrogens is 420 g/mol. The summed E-state index contributed by atoms with van der Waals surface area (Å²) < 4.78 is 0. The fourth-order valence-electron chi connectivity index (χ4n) is 6.73. The summed E-state index contributed by atoms with van der Waals surface area (Å²) in [5.74, 6) is 0. The van der Waals surface area contributed by atoms with Crippen LogP contribution in [0.3, 0.4) is 0 Å². The van der Waals surface area contributed by atoms with Crippen LogP contribution in [0.15, 0.2) is 109 Å². The number of benzene rings is 7. The van der Waals surface area contributed by atoms with Gasteiger partial charge in [0, 0.05) is 5.41 Å². The molecule has 0 saturated carbocycles. The molecule has 7 aromatic rings. The van der Waals surface area contributed by atoms with Gasteiger partial charge in [-0.05, 0) is 100 Å². The average molecular weight is 445 g/mol. The summed E-state index contributed by atoms with van der Waals surface area (Å²) in [7, 11) is 0. The van der Waals surface area contributed by atoms with Crippen LogP contribution in [-0.2, 0) is 5.41 Å². The maximum Gasteiger partial charge on any atom is 0.0165 e. The lowest BCUT2D eigenvalue weighted by Crippen LogP contribution is -2.15. The van der Waals surface area contributed by atoms with E-state index in [2.05, 4.69) is 123 Å². The molecule has 7 aromatic carbocycles. The van der Waals surface area contributed by atoms with Gasteiger partial charge in [-0.1, -0.05) is 98.8 Å². The summed E-state index contributed by atoms with van der Waals surface area (Å²) in [4.78, 5) is 0. The Morgan fingerprint density at radius 1 is 0.429 bits per heavy atom. The van der Waals surface area contributed by atoms with Crippen molar-refractivity contribution in [2.45, 2.75) is 19.3 Å². The SMILES string of the molecule is CC1(C)c2cc3ccc4cc5ccccc5cc4c3cc2-c2c1c1ccccc1c1ccccc21. The maximum absolute atomic E-state index is 2.48. The molecule has 0 fully saturated rings. The standard InChI is InChI=1S/C35H24/c1-35(2)32-19-24-16-15-23-17-21-9-3-4-10-22(21)18-29(23)30(24)20-31(32)33-27-13-7-5-11-25(27)26-12-6-8-14-28(26)34(33)35/h3-20H,1-2H3. The highest BCUT2D eigenvalue weighted by Crippen LogP contribution is 2.55. The second kappa shape index (κ2) is 6.49. The summed E-state index contributed by atoms with van der Waals surface area (Å²) in [6, 6.07) is 40.8. The molecule has 8 rings (SSSR count). The van der Waals surface area contributed by atoms with Crippen molar-refractivity contribution >= 4 is 53.9 Å². The van der Waals surface area contributed by atoms with Crippen LogP contribution in [0.1, 0.15) is 25.0 Å².